The average molecular weight is 203 g/mol. The summed E-state index contributed by atoms with van der Waals surface area (Å²) in [6, 6.07) is 0. The molecular weight excluding hydrogens is 182 g/mol. The monoisotopic (exact) mass is 203 g/mol. The number of carboxylic acid groups (broad SMARTS) is 1. The molecule has 0 bridgehead atoms. The van der Waals surface area contributed by atoms with Gasteiger partial charge >= 0.3 is 5.97 Å². The van der Waals surface area contributed by atoms with Gasteiger partial charge in [-0.25, -0.2) is 0 Å². The van der Waals surface area contributed by atoms with Gasteiger partial charge in [-0.05, 0) is 40.2 Å². The molecule has 0 saturated carbocycles. The highest BCUT2D eigenvalue weighted by Crippen LogP contribution is 2.08. The summed E-state index contributed by atoms with van der Waals surface area (Å²) in [5, 5.41) is 21.0. The maximum absolute atomic E-state index is 10.2. The summed E-state index contributed by atoms with van der Waals surface area (Å²) < 4.78 is 0. The third kappa shape index (κ3) is 5.94. The van der Waals surface area contributed by atoms with Crippen LogP contribution >= 0.6 is 0 Å². The summed E-state index contributed by atoms with van der Waals surface area (Å²) in [6.07, 6.45) is 1.30. The molecule has 4 nitrogen and oxygen atoms in total. The van der Waals surface area contributed by atoms with E-state index in [0.717, 1.165) is 13.0 Å². The standard InChI is InChI=1S/C10H21NO3/c1-8(12)10(2,3)11-7-5-4-6-9(13)14/h8,11-12H,4-7H2,1-3H3,(H,13,14). The van der Waals surface area contributed by atoms with Gasteiger partial charge in [0, 0.05) is 12.0 Å². The molecule has 0 heterocycles. The highest BCUT2D eigenvalue weighted by molar-refractivity contribution is 5.66. The first-order valence-corrected chi connectivity index (χ1v) is 5.01. The molecule has 84 valence electrons. The lowest BCUT2D eigenvalue weighted by molar-refractivity contribution is -0.137. The molecule has 14 heavy (non-hydrogen) atoms. The van der Waals surface area contributed by atoms with E-state index in [4.69, 9.17) is 5.11 Å². The van der Waals surface area contributed by atoms with Gasteiger partial charge in [0.05, 0.1) is 6.10 Å². The molecule has 0 fully saturated rings. The van der Waals surface area contributed by atoms with E-state index in [-0.39, 0.29) is 12.0 Å². The Morgan fingerprint density at radius 3 is 2.43 bits per heavy atom. The lowest BCUT2D eigenvalue weighted by Gasteiger charge is -2.29. The van der Waals surface area contributed by atoms with Crippen LogP contribution in [0.5, 0.6) is 0 Å². The van der Waals surface area contributed by atoms with E-state index in [0.29, 0.717) is 6.42 Å². The summed E-state index contributed by atoms with van der Waals surface area (Å²) >= 11 is 0. The van der Waals surface area contributed by atoms with Crippen molar-refractivity contribution in [2.45, 2.75) is 51.7 Å². The summed E-state index contributed by atoms with van der Waals surface area (Å²) in [4.78, 5) is 10.2. The SMILES string of the molecule is CC(O)C(C)(C)NCCCCC(=O)O. The fraction of sp³-hybridized carbons (Fsp3) is 0.900. The molecule has 0 aromatic heterocycles. The summed E-state index contributed by atoms with van der Waals surface area (Å²) in [5.74, 6) is -0.750. The van der Waals surface area contributed by atoms with Crippen molar-refractivity contribution in [1.29, 1.82) is 0 Å². The molecule has 0 rings (SSSR count). The molecule has 0 aromatic carbocycles. The van der Waals surface area contributed by atoms with Crippen LogP contribution in [0, 0.1) is 0 Å². The van der Waals surface area contributed by atoms with Crippen molar-refractivity contribution < 1.29 is 15.0 Å². The maximum atomic E-state index is 10.2. The number of rotatable bonds is 7. The van der Waals surface area contributed by atoms with Crippen LogP contribution in [0.4, 0.5) is 0 Å². The highest BCUT2D eigenvalue weighted by atomic mass is 16.4. The quantitative estimate of drug-likeness (QED) is 0.540. The fourth-order valence-corrected chi connectivity index (χ4v) is 0.959. The van der Waals surface area contributed by atoms with E-state index in [1.54, 1.807) is 6.92 Å². The van der Waals surface area contributed by atoms with Gasteiger partial charge in [0.25, 0.3) is 0 Å². The van der Waals surface area contributed by atoms with E-state index in [1.165, 1.54) is 0 Å². The van der Waals surface area contributed by atoms with Crippen molar-refractivity contribution in [3.8, 4) is 0 Å². The van der Waals surface area contributed by atoms with Crippen LogP contribution in [0.25, 0.3) is 0 Å². The number of unbranched alkanes of at least 4 members (excludes halogenated alkanes) is 1. The van der Waals surface area contributed by atoms with Crippen LogP contribution in [-0.4, -0.2) is 34.4 Å². The number of carbonyl (C=O) groups is 1. The van der Waals surface area contributed by atoms with E-state index in [2.05, 4.69) is 5.32 Å². The zero-order valence-electron chi connectivity index (χ0n) is 9.21. The maximum Gasteiger partial charge on any atom is 0.303 e. The summed E-state index contributed by atoms with van der Waals surface area (Å²) in [5.41, 5.74) is -0.302. The first-order chi connectivity index (χ1) is 6.36. The molecule has 0 aromatic rings. The van der Waals surface area contributed by atoms with Gasteiger partial charge in [-0.3, -0.25) is 4.79 Å². The molecule has 1 atom stereocenters. The van der Waals surface area contributed by atoms with Gasteiger partial charge < -0.3 is 15.5 Å². The molecule has 0 aliphatic rings. The second kappa shape index (κ2) is 5.98. The molecule has 4 heteroatoms. The predicted molar refractivity (Wildman–Crippen MR) is 55.2 cm³/mol. The third-order valence-corrected chi connectivity index (χ3v) is 2.44. The Bertz CT molecular complexity index is 178. The molecule has 0 saturated heterocycles. The van der Waals surface area contributed by atoms with Crippen molar-refractivity contribution in [2.75, 3.05) is 6.54 Å². The van der Waals surface area contributed by atoms with Crippen molar-refractivity contribution in [3.63, 3.8) is 0 Å². The largest absolute Gasteiger partial charge is 0.481 e. The van der Waals surface area contributed by atoms with Crippen LogP contribution in [0.2, 0.25) is 0 Å². The number of nitrogens with one attached hydrogen (secondary N) is 1. The topological polar surface area (TPSA) is 69.6 Å². The Hall–Kier alpha value is -0.610. The molecule has 0 radical (unpaired) electrons. The molecular formula is C10H21NO3. The molecule has 0 aliphatic carbocycles. The minimum Gasteiger partial charge on any atom is -0.481 e. The molecule has 1 unspecified atom stereocenters. The summed E-state index contributed by atoms with van der Waals surface area (Å²) in [7, 11) is 0. The number of carboxylic acids is 1. The Kier molecular flexibility index (Phi) is 5.72. The third-order valence-electron chi connectivity index (χ3n) is 2.44. The Labute approximate surface area is 85.3 Å². The smallest absolute Gasteiger partial charge is 0.303 e. The van der Waals surface area contributed by atoms with E-state index >= 15 is 0 Å². The number of hydrogen-bond acceptors (Lipinski definition) is 3. The molecule has 0 aliphatic heterocycles. The lowest BCUT2D eigenvalue weighted by Crippen LogP contribution is -2.48. The normalized spacial score (nSPS) is 14.0. The van der Waals surface area contributed by atoms with Crippen LogP contribution in [0.15, 0.2) is 0 Å². The van der Waals surface area contributed by atoms with Gasteiger partial charge in [-0.1, -0.05) is 0 Å². The zero-order chi connectivity index (χ0) is 11.2. The summed E-state index contributed by atoms with van der Waals surface area (Å²) in [6.45, 7) is 6.33. The Morgan fingerprint density at radius 1 is 1.43 bits per heavy atom. The first-order valence-electron chi connectivity index (χ1n) is 5.01. The average Bonchev–Trinajstić information content (AvgIpc) is 2.02. The van der Waals surface area contributed by atoms with Crippen LogP contribution in [-0.2, 0) is 4.79 Å². The Balaban J connectivity index is 3.49. The molecule has 0 spiro atoms. The minimum atomic E-state index is -0.750. The first kappa shape index (κ1) is 13.4. The van der Waals surface area contributed by atoms with Crippen LogP contribution in [0.1, 0.15) is 40.0 Å². The van der Waals surface area contributed by atoms with Gasteiger partial charge in [0.2, 0.25) is 0 Å². The van der Waals surface area contributed by atoms with E-state index < -0.39 is 12.1 Å². The van der Waals surface area contributed by atoms with Crippen LogP contribution in [0.3, 0.4) is 0 Å². The van der Waals surface area contributed by atoms with Crippen molar-refractivity contribution in [1.82, 2.24) is 5.32 Å². The van der Waals surface area contributed by atoms with Gasteiger partial charge in [-0.2, -0.15) is 0 Å². The molecule has 0 amide bonds. The molecule has 3 N–H and O–H groups in total. The van der Waals surface area contributed by atoms with Crippen molar-refractivity contribution >= 4 is 5.97 Å². The van der Waals surface area contributed by atoms with Gasteiger partial charge in [0.15, 0.2) is 0 Å². The second-order valence-electron chi connectivity index (χ2n) is 4.18. The highest BCUT2D eigenvalue weighted by Gasteiger charge is 2.22. The van der Waals surface area contributed by atoms with Gasteiger partial charge in [-0.15, -0.1) is 0 Å². The zero-order valence-corrected chi connectivity index (χ0v) is 9.21. The van der Waals surface area contributed by atoms with Crippen LogP contribution < -0.4 is 5.32 Å². The Morgan fingerprint density at radius 2 is 2.00 bits per heavy atom. The number of aliphatic carboxylic acids is 1. The number of aliphatic hydroxyl groups is 1. The van der Waals surface area contributed by atoms with Crippen molar-refractivity contribution in [3.05, 3.63) is 0 Å². The van der Waals surface area contributed by atoms with E-state index in [9.17, 15) is 9.90 Å². The number of aliphatic hydroxyl groups excluding tert-OH is 1. The minimum absolute atomic E-state index is 0.219. The van der Waals surface area contributed by atoms with Gasteiger partial charge in [0.1, 0.15) is 0 Å². The second-order valence-corrected chi connectivity index (χ2v) is 4.18. The van der Waals surface area contributed by atoms with E-state index in [1.807, 2.05) is 13.8 Å². The predicted octanol–water partition coefficient (Wildman–Crippen LogP) is 0.990. The fourth-order valence-electron chi connectivity index (χ4n) is 0.959. The van der Waals surface area contributed by atoms with Crippen molar-refractivity contribution in [2.24, 2.45) is 0 Å². The number of hydrogen-bond donors (Lipinski definition) is 3. The lowest BCUT2D eigenvalue weighted by atomic mass is 9.98.